The number of fused-ring (bicyclic) bond motifs is 3. The molecule has 2 aliphatic rings. The van der Waals surface area contributed by atoms with Gasteiger partial charge >= 0.3 is 0 Å². The first kappa shape index (κ1) is 19.0. The van der Waals surface area contributed by atoms with Gasteiger partial charge in [0.15, 0.2) is 0 Å². The Hall–Kier alpha value is -2.34. The molecule has 1 fully saturated rings. The minimum atomic E-state index is 0.00949. The van der Waals surface area contributed by atoms with Gasteiger partial charge in [-0.2, -0.15) is 5.10 Å². The van der Waals surface area contributed by atoms with Gasteiger partial charge in [0.05, 0.1) is 11.9 Å². The summed E-state index contributed by atoms with van der Waals surface area (Å²) < 4.78 is 7.55. The maximum absolute atomic E-state index is 12.4. The van der Waals surface area contributed by atoms with Crippen LogP contribution in [0.25, 0.3) is 11.3 Å². The summed E-state index contributed by atoms with van der Waals surface area (Å²) >= 11 is 0. The third-order valence-electron chi connectivity index (χ3n) is 5.65. The number of aromatic nitrogens is 2. The highest BCUT2D eigenvalue weighted by atomic mass is 16.5. The van der Waals surface area contributed by atoms with E-state index in [0.717, 1.165) is 47.4 Å². The van der Waals surface area contributed by atoms with Crippen molar-refractivity contribution in [3.8, 4) is 17.0 Å². The van der Waals surface area contributed by atoms with E-state index >= 15 is 0 Å². The fraction of sp³-hybridized carbons (Fsp3) is 0.545. The summed E-state index contributed by atoms with van der Waals surface area (Å²) in [7, 11) is 0. The molecule has 6 nitrogen and oxygen atoms in total. The number of carbonyl (C=O) groups is 1. The number of para-hydroxylation sites is 1. The van der Waals surface area contributed by atoms with Crippen LogP contribution in [0.3, 0.4) is 0 Å². The predicted octanol–water partition coefficient (Wildman–Crippen LogP) is 2.93. The largest absolute Gasteiger partial charge is 0.488 e. The second kappa shape index (κ2) is 8.35. The molecule has 2 atom stereocenters. The van der Waals surface area contributed by atoms with Gasteiger partial charge in [-0.25, -0.2) is 0 Å². The number of benzene rings is 1. The van der Waals surface area contributed by atoms with Crippen LogP contribution in [0.5, 0.6) is 5.75 Å². The van der Waals surface area contributed by atoms with E-state index < -0.39 is 0 Å². The fourth-order valence-electron chi connectivity index (χ4n) is 4.60. The molecule has 28 heavy (non-hydrogen) atoms. The Morgan fingerprint density at radius 2 is 2.04 bits per heavy atom. The summed E-state index contributed by atoms with van der Waals surface area (Å²) in [6.07, 6.45) is 4.12. The number of hydrogen-bond donors (Lipinski definition) is 1. The van der Waals surface area contributed by atoms with Crippen molar-refractivity contribution in [2.75, 3.05) is 26.2 Å². The van der Waals surface area contributed by atoms with E-state index in [0.29, 0.717) is 13.2 Å². The van der Waals surface area contributed by atoms with Crippen LogP contribution in [0, 0.1) is 11.8 Å². The molecule has 1 aromatic carbocycles. The van der Waals surface area contributed by atoms with Crippen molar-refractivity contribution in [2.24, 2.45) is 11.8 Å². The maximum Gasteiger partial charge on any atom is 0.241 e. The van der Waals surface area contributed by atoms with Gasteiger partial charge in [0.1, 0.15) is 18.9 Å². The Morgan fingerprint density at radius 3 is 2.86 bits per heavy atom. The molecule has 0 bridgehead atoms. The van der Waals surface area contributed by atoms with Crippen LogP contribution in [0.4, 0.5) is 0 Å². The smallest absolute Gasteiger partial charge is 0.241 e. The maximum atomic E-state index is 12.4. The summed E-state index contributed by atoms with van der Waals surface area (Å²) in [5.41, 5.74) is 3.02. The van der Waals surface area contributed by atoms with Gasteiger partial charge in [-0.1, -0.05) is 26.0 Å². The lowest BCUT2D eigenvalue weighted by atomic mass is 9.92. The third kappa shape index (κ3) is 4.22. The van der Waals surface area contributed by atoms with Crippen LogP contribution in [-0.2, 0) is 17.9 Å². The monoisotopic (exact) mass is 382 g/mol. The van der Waals surface area contributed by atoms with E-state index in [1.807, 2.05) is 24.3 Å². The molecule has 0 spiro atoms. The first-order valence-electron chi connectivity index (χ1n) is 10.4. The van der Waals surface area contributed by atoms with E-state index in [9.17, 15) is 4.79 Å². The summed E-state index contributed by atoms with van der Waals surface area (Å²) in [6.45, 7) is 9.52. The van der Waals surface area contributed by atoms with Crippen LogP contribution < -0.4 is 10.1 Å². The number of hydrogen-bond acceptors (Lipinski definition) is 4. The lowest BCUT2D eigenvalue weighted by Gasteiger charge is -2.34. The van der Waals surface area contributed by atoms with Gasteiger partial charge in [0.2, 0.25) is 5.91 Å². The second-order valence-electron chi connectivity index (χ2n) is 8.37. The van der Waals surface area contributed by atoms with E-state index in [2.05, 4.69) is 29.2 Å². The Balaban J connectivity index is 1.28. The molecule has 150 valence electrons. The lowest BCUT2D eigenvalue weighted by molar-refractivity contribution is -0.121. The molecular formula is C22H30N4O2. The van der Waals surface area contributed by atoms with Gasteiger partial charge in [-0.15, -0.1) is 0 Å². The van der Waals surface area contributed by atoms with Crippen LogP contribution in [0.2, 0.25) is 0 Å². The van der Waals surface area contributed by atoms with Gasteiger partial charge in [-0.05, 0) is 43.4 Å². The van der Waals surface area contributed by atoms with Gasteiger partial charge in [-0.3, -0.25) is 9.48 Å². The Morgan fingerprint density at radius 1 is 1.25 bits per heavy atom. The minimum Gasteiger partial charge on any atom is -0.488 e. The molecule has 1 N–H and O–H groups in total. The van der Waals surface area contributed by atoms with Crippen molar-refractivity contribution in [2.45, 2.75) is 39.8 Å². The van der Waals surface area contributed by atoms with Crippen LogP contribution in [-0.4, -0.2) is 46.8 Å². The summed E-state index contributed by atoms with van der Waals surface area (Å²) in [5, 5.41) is 7.48. The molecule has 1 amide bonds. The Bertz CT molecular complexity index is 822. The second-order valence-corrected chi connectivity index (χ2v) is 8.37. The SMILES string of the molecule is CC1CC(C)CN(CCCNC(=O)Cn2ncc3c2-c2ccccc2OC3)C1. The van der Waals surface area contributed by atoms with Gasteiger partial charge in [0.25, 0.3) is 0 Å². The zero-order valence-corrected chi connectivity index (χ0v) is 16.9. The average Bonchev–Trinajstić information content (AvgIpc) is 3.08. The number of nitrogens with one attached hydrogen (secondary N) is 1. The van der Waals surface area contributed by atoms with E-state index in [1.54, 1.807) is 10.9 Å². The topological polar surface area (TPSA) is 59.4 Å². The standard InChI is InChI=1S/C22H30N4O2/c1-16-10-17(2)13-25(12-16)9-5-8-23-21(27)14-26-22-18(11-24-26)15-28-20-7-4-3-6-19(20)22/h3-4,6-7,11,16-17H,5,8-10,12-15H2,1-2H3,(H,23,27). The molecule has 1 aromatic heterocycles. The van der Waals surface area contributed by atoms with Crippen molar-refractivity contribution in [3.63, 3.8) is 0 Å². The first-order valence-corrected chi connectivity index (χ1v) is 10.4. The van der Waals surface area contributed by atoms with Crippen molar-refractivity contribution < 1.29 is 9.53 Å². The highest BCUT2D eigenvalue weighted by Gasteiger charge is 2.23. The number of amides is 1. The van der Waals surface area contributed by atoms with Crippen molar-refractivity contribution in [3.05, 3.63) is 36.0 Å². The quantitative estimate of drug-likeness (QED) is 0.781. The summed E-state index contributed by atoms with van der Waals surface area (Å²) in [4.78, 5) is 15.0. The van der Waals surface area contributed by atoms with E-state index in [4.69, 9.17) is 4.74 Å². The molecule has 0 aliphatic carbocycles. The molecule has 0 saturated carbocycles. The number of ether oxygens (including phenoxy) is 1. The summed E-state index contributed by atoms with van der Waals surface area (Å²) in [5.74, 6) is 2.41. The summed E-state index contributed by atoms with van der Waals surface area (Å²) in [6, 6.07) is 7.92. The molecule has 1 saturated heterocycles. The minimum absolute atomic E-state index is 0.00949. The van der Waals surface area contributed by atoms with E-state index in [-0.39, 0.29) is 12.5 Å². The zero-order valence-electron chi connectivity index (χ0n) is 16.9. The van der Waals surface area contributed by atoms with Crippen molar-refractivity contribution >= 4 is 5.91 Å². The van der Waals surface area contributed by atoms with Crippen LogP contribution in [0.1, 0.15) is 32.3 Å². The normalized spacial score (nSPS) is 21.5. The van der Waals surface area contributed by atoms with Gasteiger partial charge in [0, 0.05) is 30.8 Å². The van der Waals surface area contributed by atoms with Crippen LogP contribution in [0.15, 0.2) is 30.5 Å². The molecule has 2 aliphatic heterocycles. The van der Waals surface area contributed by atoms with Crippen LogP contribution >= 0.6 is 0 Å². The first-order chi connectivity index (χ1) is 13.6. The highest BCUT2D eigenvalue weighted by Crippen LogP contribution is 2.36. The number of rotatable bonds is 6. The highest BCUT2D eigenvalue weighted by molar-refractivity contribution is 5.78. The molecular weight excluding hydrogens is 352 g/mol. The number of nitrogens with zero attached hydrogens (tertiary/aromatic N) is 3. The molecule has 2 unspecified atom stereocenters. The Labute approximate surface area is 166 Å². The molecule has 3 heterocycles. The number of carbonyl (C=O) groups excluding carboxylic acids is 1. The fourth-order valence-corrected chi connectivity index (χ4v) is 4.60. The molecule has 2 aromatic rings. The molecule has 6 heteroatoms. The molecule has 0 radical (unpaired) electrons. The number of likely N-dealkylation sites (tertiary alicyclic amines) is 1. The third-order valence-corrected chi connectivity index (χ3v) is 5.65. The van der Waals surface area contributed by atoms with Gasteiger partial charge < -0.3 is 15.0 Å². The van der Waals surface area contributed by atoms with E-state index in [1.165, 1.54) is 19.5 Å². The average molecular weight is 383 g/mol. The lowest BCUT2D eigenvalue weighted by Crippen LogP contribution is -2.40. The molecule has 4 rings (SSSR count). The zero-order chi connectivity index (χ0) is 19.5. The van der Waals surface area contributed by atoms with Crippen molar-refractivity contribution in [1.82, 2.24) is 20.0 Å². The Kier molecular flexibility index (Phi) is 5.67. The van der Waals surface area contributed by atoms with Crippen molar-refractivity contribution in [1.29, 1.82) is 0 Å². The predicted molar refractivity (Wildman–Crippen MR) is 109 cm³/mol. The number of piperidine rings is 1.